The van der Waals surface area contributed by atoms with Gasteiger partial charge in [-0.1, -0.05) is 22.4 Å². The summed E-state index contributed by atoms with van der Waals surface area (Å²) in [5, 5.41) is 9.65. The standard InChI is InChI=1S/C13H17BrN2O/c14-12-4-5-13(17)11(8-12)9-15-10-16-6-2-1-3-7-16/h4-5,8-9,17H,1-3,6-7,10H2. The van der Waals surface area contributed by atoms with Gasteiger partial charge in [-0.05, 0) is 44.1 Å². The van der Waals surface area contributed by atoms with E-state index >= 15 is 0 Å². The van der Waals surface area contributed by atoms with Gasteiger partial charge in [0, 0.05) is 16.3 Å². The number of nitrogens with zero attached hydrogens (tertiary/aromatic N) is 2. The topological polar surface area (TPSA) is 35.8 Å². The van der Waals surface area contributed by atoms with Gasteiger partial charge in [-0.15, -0.1) is 0 Å². The number of phenolic OH excluding ortho intramolecular Hbond substituents is 1. The number of aromatic hydroxyl groups is 1. The molecular weight excluding hydrogens is 280 g/mol. The summed E-state index contributed by atoms with van der Waals surface area (Å²) in [4.78, 5) is 6.73. The Morgan fingerprint density at radius 2 is 2.06 bits per heavy atom. The van der Waals surface area contributed by atoms with Crippen LogP contribution < -0.4 is 0 Å². The molecule has 1 saturated heterocycles. The molecule has 1 aliphatic rings. The van der Waals surface area contributed by atoms with Crippen molar-refractivity contribution in [2.45, 2.75) is 19.3 Å². The van der Waals surface area contributed by atoms with Crippen LogP contribution in [0.2, 0.25) is 0 Å². The minimum Gasteiger partial charge on any atom is -0.507 e. The molecule has 1 aliphatic heterocycles. The number of phenols is 1. The minimum absolute atomic E-state index is 0.274. The van der Waals surface area contributed by atoms with E-state index in [1.165, 1.54) is 19.3 Å². The van der Waals surface area contributed by atoms with Gasteiger partial charge in [-0.3, -0.25) is 9.89 Å². The number of piperidine rings is 1. The molecule has 0 aromatic heterocycles. The highest BCUT2D eigenvalue weighted by Gasteiger charge is 2.08. The van der Waals surface area contributed by atoms with Crippen LogP contribution in [0.4, 0.5) is 0 Å². The Labute approximate surface area is 110 Å². The number of benzene rings is 1. The normalized spacial score (nSPS) is 17.7. The van der Waals surface area contributed by atoms with E-state index in [-0.39, 0.29) is 5.75 Å². The lowest BCUT2D eigenvalue weighted by atomic mass is 10.1. The third kappa shape index (κ3) is 3.82. The van der Waals surface area contributed by atoms with E-state index in [9.17, 15) is 5.11 Å². The van der Waals surface area contributed by atoms with Crippen molar-refractivity contribution in [1.82, 2.24) is 4.90 Å². The molecule has 0 bridgehead atoms. The van der Waals surface area contributed by atoms with Crippen molar-refractivity contribution >= 4 is 22.1 Å². The van der Waals surface area contributed by atoms with Crippen LogP contribution in [0, 0.1) is 0 Å². The summed E-state index contributed by atoms with van der Waals surface area (Å²) >= 11 is 3.38. The van der Waals surface area contributed by atoms with Crippen molar-refractivity contribution in [2.75, 3.05) is 19.8 Å². The van der Waals surface area contributed by atoms with Gasteiger partial charge in [0.2, 0.25) is 0 Å². The van der Waals surface area contributed by atoms with Crippen molar-refractivity contribution in [2.24, 2.45) is 4.99 Å². The van der Waals surface area contributed by atoms with Gasteiger partial charge < -0.3 is 5.11 Å². The van der Waals surface area contributed by atoms with Crippen molar-refractivity contribution in [3.05, 3.63) is 28.2 Å². The van der Waals surface area contributed by atoms with Gasteiger partial charge in [0.1, 0.15) is 5.75 Å². The third-order valence-corrected chi connectivity index (χ3v) is 3.44. The van der Waals surface area contributed by atoms with Crippen LogP contribution in [-0.4, -0.2) is 36.0 Å². The molecule has 4 heteroatoms. The first-order valence-corrected chi connectivity index (χ1v) is 6.76. The molecule has 0 unspecified atom stereocenters. The number of hydrogen-bond acceptors (Lipinski definition) is 3. The second-order valence-corrected chi connectivity index (χ2v) is 5.25. The van der Waals surface area contributed by atoms with Crippen LogP contribution in [0.5, 0.6) is 5.75 Å². The fourth-order valence-electron chi connectivity index (χ4n) is 1.98. The van der Waals surface area contributed by atoms with Crippen molar-refractivity contribution in [3.63, 3.8) is 0 Å². The molecule has 92 valence electrons. The van der Waals surface area contributed by atoms with E-state index in [2.05, 4.69) is 25.8 Å². The third-order valence-electron chi connectivity index (χ3n) is 2.95. The summed E-state index contributed by atoms with van der Waals surface area (Å²) in [7, 11) is 0. The molecule has 0 aliphatic carbocycles. The lowest BCUT2D eigenvalue weighted by Crippen LogP contribution is -2.29. The van der Waals surface area contributed by atoms with Gasteiger partial charge in [0.05, 0.1) is 6.67 Å². The molecule has 0 amide bonds. The molecule has 1 aromatic rings. The van der Waals surface area contributed by atoms with E-state index in [0.29, 0.717) is 0 Å². The van der Waals surface area contributed by atoms with E-state index < -0.39 is 0 Å². The van der Waals surface area contributed by atoms with Crippen molar-refractivity contribution in [3.8, 4) is 5.75 Å². The molecule has 1 fully saturated rings. The number of halogens is 1. The smallest absolute Gasteiger partial charge is 0.124 e. The predicted octanol–water partition coefficient (Wildman–Crippen LogP) is 3.02. The maximum atomic E-state index is 9.65. The summed E-state index contributed by atoms with van der Waals surface area (Å²) in [6, 6.07) is 5.36. The molecule has 0 spiro atoms. The van der Waals surface area contributed by atoms with E-state index in [1.807, 2.05) is 12.1 Å². The lowest BCUT2D eigenvalue weighted by molar-refractivity contribution is 0.236. The Morgan fingerprint density at radius 1 is 1.29 bits per heavy atom. The van der Waals surface area contributed by atoms with Gasteiger partial charge in [0.25, 0.3) is 0 Å². The summed E-state index contributed by atoms with van der Waals surface area (Å²) in [6.07, 6.45) is 5.64. The predicted molar refractivity (Wildman–Crippen MR) is 73.7 cm³/mol. The molecule has 0 atom stereocenters. The first-order chi connectivity index (χ1) is 8.25. The van der Waals surface area contributed by atoms with Gasteiger partial charge in [0.15, 0.2) is 0 Å². The highest BCUT2D eigenvalue weighted by atomic mass is 79.9. The zero-order valence-electron chi connectivity index (χ0n) is 9.77. The second kappa shape index (κ2) is 6.17. The van der Waals surface area contributed by atoms with E-state index in [1.54, 1.807) is 12.3 Å². The number of rotatable bonds is 3. The van der Waals surface area contributed by atoms with Crippen molar-refractivity contribution < 1.29 is 5.11 Å². The SMILES string of the molecule is Oc1ccc(Br)cc1C=NCN1CCCCC1. The zero-order chi connectivity index (χ0) is 12.1. The Bertz CT molecular complexity index is 400. The molecule has 0 saturated carbocycles. The maximum absolute atomic E-state index is 9.65. The summed E-state index contributed by atoms with van der Waals surface area (Å²) in [5.74, 6) is 0.274. The van der Waals surface area contributed by atoms with Gasteiger partial charge in [-0.25, -0.2) is 0 Å². The summed E-state index contributed by atoms with van der Waals surface area (Å²) < 4.78 is 0.953. The van der Waals surface area contributed by atoms with Crippen LogP contribution in [0.1, 0.15) is 24.8 Å². The Balaban J connectivity index is 1.92. The second-order valence-electron chi connectivity index (χ2n) is 4.33. The molecule has 0 radical (unpaired) electrons. The molecule has 3 nitrogen and oxygen atoms in total. The van der Waals surface area contributed by atoms with Crippen molar-refractivity contribution in [1.29, 1.82) is 0 Å². The van der Waals surface area contributed by atoms with Crippen LogP contribution in [0.25, 0.3) is 0 Å². The highest BCUT2D eigenvalue weighted by Crippen LogP contribution is 2.20. The quantitative estimate of drug-likeness (QED) is 0.871. The lowest BCUT2D eigenvalue weighted by Gasteiger charge is -2.24. The maximum Gasteiger partial charge on any atom is 0.124 e. The molecule has 17 heavy (non-hydrogen) atoms. The van der Waals surface area contributed by atoms with Crippen LogP contribution >= 0.6 is 15.9 Å². The summed E-state index contributed by atoms with van der Waals surface area (Å²) in [5.41, 5.74) is 0.761. The molecule has 1 aromatic carbocycles. The highest BCUT2D eigenvalue weighted by molar-refractivity contribution is 9.10. The van der Waals surface area contributed by atoms with Crippen LogP contribution in [-0.2, 0) is 0 Å². The minimum atomic E-state index is 0.274. The number of hydrogen-bond donors (Lipinski definition) is 1. The molecular formula is C13H17BrN2O. The fourth-order valence-corrected chi connectivity index (χ4v) is 2.36. The Morgan fingerprint density at radius 3 is 2.82 bits per heavy atom. The van der Waals surface area contributed by atoms with Crippen LogP contribution in [0.3, 0.4) is 0 Å². The molecule has 1 heterocycles. The largest absolute Gasteiger partial charge is 0.507 e. The molecule has 1 N–H and O–H groups in total. The summed E-state index contributed by atoms with van der Waals surface area (Å²) in [6.45, 7) is 3.01. The zero-order valence-corrected chi connectivity index (χ0v) is 11.4. The average molecular weight is 297 g/mol. The first-order valence-electron chi connectivity index (χ1n) is 5.96. The average Bonchev–Trinajstić information content (AvgIpc) is 2.35. The van der Waals surface area contributed by atoms with Crippen LogP contribution in [0.15, 0.2) is 27.7 Å². The number of likely N-dealkylation sites (tertiary alicyclic amines) is 1. The van der Waals surface area contributed by atoms with Gasteiger partial charge in [-0.2, -0.15) is 0 Å². The fraction of sp³-hybridized carbons (Fsp3) is 0.462. The van der Waals surface area contributed by atoms with E-state index in [0.717, 1.165) is 29.8 Å². The Kier molecular flexibility index (Phi) is 4.57. The molecule has 2 rings (SSSR count). The van der Waals surface area contributed by atoms with E-state index in [4.69, 9.17) is 0 Å². The first kappa shape index (κ1) is 12.6. The monoisotopic (exact) mass is 296 g/mol. The Hall–Kier alpha value is -0.870. The van der Waals surface area contributed by atoms with Gasteiger partial charge >= 0.3 is 0 Å². The number of aliphatic imine (C=N–C) groups is 1.